The lowest BCUT2D eigenvalue weighted by molar-refractivity contribution is -0.119. The Hall–Kier alpha value is -1.21. The van der Waals surface area contributed by atoms with Crippen molar-refractivity contribution in [3.05, 3.63) is 27.2 Å². The smallest absolute Gasteiger partial charge is 0.219 e. The van der Waals surface area contributed by atoms with Gasteiger partial charge in [-0.2, -0.15) is 0 Å². The highest BCUT2D eigenvalue weighted by Gasteiger charge is 2.26. The van der Waals surface area contributed by atoms with Crippen LogP contribution in [0.4, 0.5) is 4.39 Å². The number of aromatic amines is 1. The average Bonchev–Trinajstić information content (AvgIpc) is 2.53. The van der Waals surface area contributed by atoms with E-state index in [9.17, 15) is 9.18 Å². The van der Waals surface area contributed by atoms with E-state index in [1.54, 1.807) is 10.6 Å². The molecule has 1 heterocycles. The van der Waals surface area contributed by atoms with E-state index < -0.39 is 11.4 Å². The normalized spacial score (nSPS) is 12.0. The molecule has 0 atom stereocenters. The minimum Gasteiger partial charge on any atom is -0.370 e. The third kappa shape index (κ3) is 2.57. The molecular weight excluding hydrogens is 333 g/mol. The van der Waals surface area contributed by atoms with Crippen LogP contribution in [-0.4, -0.2) is 15.5 Å². The van der Waals surface area contributed by atoms with E-state index in [0.717, 1.165) is 5.52 Å². The molecule has 19 heavy (non-hydrogen) atoms. The van der Waals surface area contributed by atoms with Crippen LogP contribution >= 0.6 is 28.1 Å². The SMILES string of the molecule is CC(C)(CC(N)=O)n1c(=S)[nH]c2cc(F)c(Br)cc21. The largest absolute Gasteiger partial charge is 0.370 e. The average molecular weight is 346 g/mol. The maximum Gasteiger partial charge on any atom is 0.219 e. The van der Waals surface area contributed by atoms with Gasteiger partial charge >= 0.3 is 0 Å². The lowest BCUT2D eigenvalue weighted by Gasteiger charge is -2.26. The Kier molecular flexibility index (Phi) is 3.53. The van der Waals surface area contributed by atoms with Crippen molar-refractivity contribution in [3.8, 4) is 0 Å². The van der Waals surface area contributed by atoms with E-state index >= 15 is 0 Å². The summed E-state index contributed by atoms with van der Waals surface area (Å²) in [6, 6.07) is 3.01. The first-order valence-corrected chi connectivity index (χ1v) is 6.81. The van der Waals surface area contributed by atoms with Crippen molar-refractivity contribution in [2.75, 3.05) is 0 Å². The second-order valence-electron chi connectivity index (χ2n) is 5.00. The van der Waals surface area contributed by atoms with Crippen molar-refractivity contribution >= 4 is 45.1 Å². The van der Waals surface area contributed by atoms with Crippen molar-refractivity contribution < 1.29 is 9.18 Å². The molecule has 4 nitrogen and oxygen atoms in total. The van der Waals surface area contributed by atoms with Gasteiger partial charge in [0.2, 0.25) is 5.91 Å². The predicted molar refractivity (Wildman–Crippen MR) is 77.9 cm³/mol. The van der Waals surface area contributed by atoms with E-state index in [0.29, 0.717) is 14.8 Å². The molecule has 0 unspecified atom stereocenters. The third-order valence-electron chi connectivity index (χ3n) is 2.94. The molecule has 0 fully saturated rings. The molecule has 0 aliphatic carbocycles. The summed E-state index contributed by atoms with van der Waals surface area (Å²) >= 11 is 8.41. The molecule has 7 heteroatoms. The molecular formula is C12H13BrFN3OS. The Balaban J connectivity index is 2.73. The summed E-state index contributed by atoms with van der Waals surface area (Å²) in [6.07, 6.45) is 0.142. The Bertz CT molecular complexity index is 720. The fourth-order valence-electron chi connectivity index (χ4n) is 2.21. The predicted octanol–water partition coefficient (Wildman–Crippen LogP) is 3.21. The number of nitrogens with two attached hydrogens (primary N) is 1. The van der Waals surface area contributed by atoms with Crippen LogP contribution in [0.2, 0.25) is 0 Å². The lowest BCUT2D eigenvalue weighted by atomic mass is 9.99. The zero-order valence-electron chi connectivity index (χ0n) is 10.5. The number of rotatable bonds is 3. The van der Waals surface area contributed by atoms with Crippen LogP contribution in [0.1, 0.15) is 20.3 Å². The van der Waals surface area contributed by atoms with Gasteiger partial charge in [0.1, 0.15) is 5.82 Å². The Morgan fingerprint density at radius 1 is 1.58 bits per heavy atom. The molecule has 2 aromatic rings. The number of hydrogen-bond acceptors (Lipinski definition) is 2. The summed E-state index contributed by atoms with van der Waals surface area (Å²) < 4.78 is 16.1. The highest BCUT2D eigenvalue weighted by molar-refractivity contribution is 9.10. The van der Waals surface area contributed by atoms with Gasteiger partial charge < -0.3 is 15.3 Å². The maximum atomic E-state index is 13.5. The Morgan fingerprint density at radius 3 is 2.79 bits per heavy atom. The fourth-order valence-corrected chi connectivity index (χ4v) is 3.00. The van der Waals surface area contributed by atoms with Gasteiger partial charge in [-0.25, -0.2) is 4.39 Å². The van der Waals surface area contributed by atoms with Crippen molar-refractivity contribution in [1.82, 2.24) is 9.55 Å². The molecule has 0 aliphatic rings. The van der Waals surface area contributed by atoms with Gasteiger partial charge in [0.15, 0.2) is 4.77 Å². The number of hydrogen-bond donors (Lipinski definition) is 2. The maximum absolute atomic E-state index is 13.5. The van der Waals surface area contributed by atoms with Crippen LogP contribution in [0.15, 0.2) is 16.6 Å². The number of nitrogens with zero attached hydrogens (tertiary/aromatic N) is 1. The molecule has 3 N–H and O–H groups in total. The number of carbonyl (C=O) groups excluding carboxylic acids is 1. The number of aromatic nitrogens is 2. The first-order valence-electron chi connectivity index (χ1n) is 5.61. The van der Waals surface area contributed by atoms with E-state index in [1.165, 1.54) is 6.07 Å². The van der Waals surface area contributed by atoms with Crippen molar-refractivity contribution in [2.45, 2.75) is 25.8 Å². The summed E-state index contributed by atoms with van der Waals surface area (Å²) in [5.41, 5.74) is 5.99. The second-order valence-corrected chi connectivity index (χ2v) is 6.25. The standard InChI is InChI=1S/C12H13BrFN3OS/c1-12(2,5-10(15)18)17-9-3-6(13)7(14)4-8(9)16-11(17)19/h3-4H,5H2,1-2H3,(H2,15,18)(H,16,19). The minimum absolute atomic E-state index is 0.142. The summed E-state index contributed by atoms with van der Waals surface area (Å²) in [5, 5.41) is 0. The topological polar surface area (TPSA) is 63.8 Å². The number of imidazole rings is 1. The van der Waals surface area contributed by atoms with Crippen LogP contribution in [0.5, 0.6) is 0 Å². The zero-order valence-corrected chi connectivity index (χ0v) is 12.9. The molecule has 1 aromatic carbocycles. The third-order valence-corrected chi connectivity index (χ3v) is 3.83. The molecule has 2 rings (SSSR count). The number of carbonyl (C=O) groups is 1. The van der Waals surface area contributed by atoms with E-state index in [1.807, 2.05) is 13.8 Å². The van der Waals surface area contributed by atoms with Gasteiger partial charge in [-0.05, 0) is 48.1 Å². The molecule has 0 radical (unpaired) electrons. The first-order chi connectivity index (χ1) is 8.72. The van der Waals surface area contributed by atoms with Crippen molar-refractivity contribution in [1.29, 1.82) is 0 Å². The first kappa shape index (κ1) is 14.2. The highest BCUT2D eigenvalue weighted by atomic mass is 79.9. The number of nitrogens with one attached hydrogen (secondary N) is 1. The van der Waals surface area contributed by atoms with Crippen LogP contribution in [0.3, 0.4) is 0 Å². The second kappa shape index (κ2) is 4.72. The number of benzene rings is 1. The number of halogens is 2. The van der Waals surface area contributed by atoms with Crippen LogP contribution in [-0.2, 0) is 10.3 Å². The number of H-pyrrole nitrogens is 1. The van der Waals surface area contributed by atoms with Gasteiger partial charge in [-0.15, -0.1) is 0 Å². The van der Waals surface area contributed by atoms with Crippen LogP contribution in [0.25, 0.3) is 11.0 Å². The van der Waals surface area contributed by atoms with Gasteiger partial charge in [0, 0.05) is 12.5 Å². The molecule has 1 aromatic heterocycles. The van der Waals surface area contributed by atoms with Crippen molar-refractivity contribution in [2.24, 2.45) is 5.73 Å². The zero-order chi connectivity index (χ0) is 14.4. The summed E-state index contributed by atoms with van der Waals surface area (Å²) in [7, 11) is 0. The fraction of sp³-hybridized carbons (Fsp3) is 0.333. The number of amides is 1. The van der Waals surface area contributed by atoms with Crippen LogP contribution < -0.4 is 5.73 Å². The molecule has 0 bridgehead atoms. The molecule has 0 spiro atoms. The molecule has 0 saturated carbocycles. The summed E-state index contributed by atoms with van der Waals surface area (Å²) in [5.74, 6) is -0.786. The van der Waals surface area contributed by atoms with E-state index in [4.69, 9.17) is 18.0 Å². The van der Waals surface area contributed by atoms with Gasteiger partial charge in [-0.3, -0.25) is 4.79 Å². The van der Waals surface area contributed by atoms with Gasteiger partial charge in [-0.1, -0.05) is 0 Å². The number of primary amides is 1. The highest BCUT2D eigenvalue weighted by Crippen LogP contribution is 2.29. The van der Waals surface area contributed by atoms with Gasteiger partial charge in [0.05, 0.1) is 21.0 Å². The molecule has 1 amide bonds. The molecule has 0 saturated heterocycles. The van der Waals surface area contributed by atoms with Crippen molar-refractivity contribution in [3.63, 3.8) is 0 Å². The Labute approximate surface area is 122 Å². The monoisotopic (exact) mass is 345 g/mol. The quantitative estimate of drug-likeness (QED) is 0.839. The summed E-state index contributed by atoms with van der Waals surface area (Å²) in [4.78, 5) is 14.1. The minimum atomic E-state index is -0.585. The van der Waals surface area contributed by atoms with E-state index in [-0.39, 0.29) is 12.2 Å². The van der Waals surface area contributed by atoms with E-state index in [2.05, 4.69) is 20.9 Å². The van der Waals surface area contributed by atoms with Gasteiger partial charge in [0.25, 0.3) is 0 Å². The summed E-state index contributed by atoms with van der Waals surface area (Å²) in [6.45, 7) is 3.72. The Morgan fingerprint density at radius 2 is 2.21 bits per heavy atom. The number of fused-ring (bicyclic) bond motifs is 1. The van der Waals surface area contributed by atoms with Crippen LogP contribution in [0, 0.1) is 10.6 Å². The lowest BCUT2D eigenvalue weighted by Crippen LogP contribution is -2.32. The molecule has 102 valence electrons. The molecule has 0 aliphatic heterocycles.